The van der Waals surface area contributed by atoms with E-state index in [1.54, 1.807) is 0 Å². The molecule has 0 aliphatic carbocycles. The van der Waals surface area contributed by atoms with E-state index in [2.05, 4.69) is 38.8 Å². The topological polar surface area (TPSA) is 45.4 Å². The molecule has 98 valence electrons. The van der Waals surface area contributed by atoms with Crippen molar-refractivity contribution in [2.45, 2.75) is 25.8 Å². The Morgan fingerprint density at radius 1 is 1.11 bits per heavy atom. The van der Waals surface area contributed by atoms with Crippen LogP contribution < -0.4 is 0 Å². The van der Waals surface area contributed by atoms with E-state index in [-0.39, 0.29) is 13.2 Å². The van der Waals surface area contributed by atoms with Gasteiger partial charge in [-0.25, -0.2) is 0 Å². The highest BCUT2D eigenvalue weighted by Crippen LogP contribution is 2.26. The lowest BCUT2D eigenvalue weighted by atomic mass is 10.1. The van der Waals surface area contributed by atoms with Gasteiger partial charge >= 0.3 is 0 Å². The first-order valence-corrected chi connectivity index (χ1v) is 7.04. The summed E-state index contributed by atoms with van der Waals surface area (Å²) in [5.74, 6) is 0. The van der Waals surface area contributed by atoms with E-state index >= 15 is 0 Å². The van der Waals surface area contributed by atoms with E-state index < -0.39 is 0 Å². The Bertz CT molecular complexity index is 522. The van der Waals surface area contributed by atoms with Crippen LogP contribution in [0.2, 0.25) is 0 Å². The van der Waals surface area contributed by atoms with Gasteiger partial charge in [0.15, 0.2) is 0 Å². The Labute approximate surface area is 115 Å². The number of aliphatic hydroxyl groups excluding tert-OH is 2. The number of hydrogen-bond donors (Lipinski definition) is 2. The van der Waals surface area contributed by atoms with Crippen molar-refractivity contribution in [2.24, 2.45) is 0 Å². The molecule has 1 heterocycles. The van der Waals surface area contributed by atoms with Crippen molar-refractivity contribution in [3.63, 3.8) is 0 Å². The summed E-state index contributed by atoms with van der Waals surface area (Å²) < 4.78 is 3.25. The SMILES string of the molecule is OCCCc1cn(CCCO)c2ccc(Br)cc12. The van der Waals surface area contributed by atoms with Gasteiger partial charge in [0.25, 0.3) is 0 Å². The van der Waals surface area contributed by atoms with E-state index in [0.29, 0.717) is 0 Å². The third kappa shape index (κ3) is 2.94. The van der Waals surface area contributed by atoms with Crippen LogP contribution in [-0.2, 0) is 13.0 Å². The number of rotatable bonds is 6. The summed E-state index contributed by atoms with van der Waals surface area (Å²) in [4.78, 5) is 0. The summed E-state index contributed by atoms with van der Waals surface area (Å²) in [6, 6.07) is 6.25. The first kappa shape index (κ1) is 13.6. The number of hydrogen-bond acceptors (Lipinski definition) is 2. The monoisotopic (exact) mass is 311 g/mol. The zero-order valence-electron chi connectivity index (χ0n) is 10.3. The molecule has 0 unspecified atom stereocenters. The van der Waals surface area contributed by atoms with Gasteiger partial charge in [-0.3, -0.25) is 0 Å². The van der Waals surface area contributed by atoms with Crippen molar-refractivity contribution in [1.29, 1.82) is 0 Å². The van der Waals surface area contributed by atoms with E-state index in [9.17, 15) is 0 Å². The van der Waals surface area contributed by atoms with E-state index in [4.69, 9.17) is 10.2 Å². The second-order valence-electron chi connectivity index (χ2n) is 4.41. The quantitative estimate of drug-likeness (QED) is 0.861. The van der Waals surface area contributed by atoms with Gasteiger partial charge in [0, 0.05) is 41.3 Å². The molecular formula is C14H18BrNO2. The largest absolute Gasteiger partial charge is 0.396 e. The van der Waals surface area contributed by atoms with Gasteiger partial charge in [-0.05, 0) is 43.0 Å². The summed E-state index contributed by atoms with van der Waals surface area (Å²) in [5, 5.41) is 19.1. The van der Waals surface area contributed by atoms with E-state index in [1.165, 1.54) is 16.5 Å². The van der Waals surface area contributed by atoms with Gasteiger partial charge in [0.1, 0.15) is 0 Å². The van der Waals surface area contributed by atoms with Crippen LogP contribution >= 0.6 is 15.9 Å². The molecular weight excluding hydrogens is 294 g/mol. The Morgan fingerprint density at radius 2 is 1.89 bits per heavy atom. The van der Waals surface area contributed by atoms with Crippen molar-refractivity contribution in [1.82, 2.24) is 4.57 Å². The average molecular weight is 312 g/mol. The molecule has 18 heavy (non-hydrogen) atoms. The molecule has 2 aromatic rings. The zero-order chi connectivity index (χ0) is 13.0. The van der Waals surface area contributed by atoms with Crippen LogP contribution in [0.1, 0.15) is 18.4 Å². The molecule has 0 bridgehead atoms. The fourth-order valence-electron chi connectivity index (χ4n) is 2.24. The Balaban J connectivity index is 2.39. The lowest BCUT2D eigenvalue weighted by Crippen LogP contribution is -1.98. The lowest BCUT2D eigenvalue weighted by Gasteiger charge is -2.03. The summed E-state index contributed by atoms with van der Waals surface area (Å²) in [7, 11) is 0. The van der Waals surface area contributed by atoms with Crippen molar-refractivity contribution >= 4 is 26.8 Å². The second kappa shape index (κ2) is 6.36. The first-order chi connectivity index (χ1) is 8.76. The molecule has 0 amide bonds. The molecule has 1 aromatic heterocycles. The normalized spacial score (nSPS) is 11.3. The average Bonchev–Trinajstić information content (AvgIpc) is 2.71. The van der Waals surface area contributed by atoms with Gasteiger partial charge in [0.05, 0.1) is 0 Å². The van der Waals surface area contributed by atoms with Gasteiger partial charge in [-0.15, -0.1) is 0 Å². The summed E-state index contributed by atoms with van der Waals surface area (Å²) in [6.07, 6.45) is 4.57. The van der Waals surface area contributed by atoms with Crippen molar-refractivity contribution in [3.8, 4) is 0 Å². The predicted octanol–water partition coefficient (Wildman–Crippen LogP) is 2.71. The summed E-state index contributed by atoms with van der Waals surface area (Å²) >= 11 is 3.50. The molecule has 0 radical (unpaired) electrons. The van der Waals surface area contributed by atoms with Gasteiger partial charge in [-0.1, -0.05) is 15.9 Å². The van der Waals surface area contributed by atoms with E-state index in [0.717, 1.165) is 30.3 Å². The van der Waals surface area contributed by atoms with E-state index in [1.807, 2.05) is 6.07 Å². The maximum atomic E-state index is 8.95. The molecule has 0 fully saturated rings. The minimum Gasteiger partial charge on any atom is -0.396 e. The third-order valence-corrected chi connectivity index (χ3v) is 3.58. The van der Waals surface area contributed by atoms with Crippen LogP contribution in [-0.4, -0.2) is 28.0 Å². The van der Waals surface area contributed by atoms with Crippen molar-refractivity contribution in [3.05, 3.63) is 34.4 Å². The second-order valence-corrected chi connectivity index (χ2v) is 5.33. The molecule has 1 aromatic carbocycles. The molecule has 2 rings (SSSR count). The van der Waals surface area contributed by atoms with Crippen molar-refractivity contribution < 1.29 is 10.2 Å². The van der Waals surface area contributed by atoms with Gasteiger partial charge in [-0.2, -0.15) is 0 Å². The highest BCUT2D eigenvalue weighted by atomic mass is 79.9. The molecule has 0 aliphatic rings. The molecule has 0 saturated heterocycles. The number of aromatic nitrogens is 1. The number of aliphatic hydroxyl groups is 2. The van der Waals surface area contributed by atoms with Crippen LogP contribution in [0.4, 0.5) is 0 Å². The highest BCUT2D eigenvalue weighted by molar-refractivity contribution is 9.10. The van der Waals surface area contributed by atoms with Crippen LogP contribution in [0.15, 0.2) is 28.9 Å². The molecule has 0 atom stereocenters. The van der Waals surface area contributed by atoms with Crippen LogP contribution in [0.3, 0.4) is 0 Å². The van der Waals surface area contributed by atoms with Gasteiger partial charge in [0.2, 0.25) is 0 Å². The fraction of sp³-hybridized carbons (Fsp3) is 0.429. The van der Waals surface area contributed by atoms with Crippen LogP contribution in [0.5, 0.6) is 0 Å². The lowest BCUT2D eigenvalue weighted by molar-refractivity contribution is 0.280. The molecule has 0 spiro atoms. The number of halogens is 1. The molecule has 4 heteroatoms. The Hall–Kier alpha value is -0.840. The van der Waals surface area contributed by atoms with Gasteiger partial charge < -0.3 is 14.8 Å². The minimum absolute atomic E-state index is 0.210. The minimum atomic E-state index is 0.210. The first-order valence-electron chi connectivity index (χ1n) is 6.25. The van der Waals surface area contributed by atoms with Crippen LogP contribution in [0, 0.1) is 0 Å². The maximum absolute atomic E-state index is 8.95. The van der Waals surface area contributed by atoms with Crippen molar-refractivity contribution in [2.75, 3.05) is 13.2 Å². The standard InChI is InChI=1S/C14H18BrNO2/c15-12-4-5-14-13(9-12)11(3-1-7-17)10-16(14)6-2-8-18/h4-5,9-10,17-18H,1-3,6-8H2. The fourth-order valence-corrected chi connectivity index (χ4v) is 2.60. The summed E-state index contributed by atoms with van der Waals surface area (Å²) in [6.45, 7) is 1.26. The molecule has 0 saturated carbocycles. The molecule has 0 aliphatic heterocycles. The maximum Gasteiger partial charge on any atom is 0.0483 e. The number of fused-ring (bicyclic) bond motifs is 1. The zero-order valence-corrected chi connectivity index (χ0v) is 11.9. The summed E-state index contributed by atoms with van der Waals surface area (Å²) in [5.41, 5.74) is 2.46. The molecule has 3 nitrogen and oxygen atoms in total. The molecule has 2 N–H and O–H groups in total. The smallest absolute Gasteiger partial charge is 0.0483 e. The Kier molecular flexibility index (Phi) is 4.80. The highest BCUT2D eigenvalue weighted by Gasteiger charge is 2.08. The number of nitrogens with zero attached hydrogens (tertiary/aromatic N) is 1. The number of benzene rings is 1. The predicted molar refractivity (Wildman–Crippen MR) is 76.7 cm³/mol. The third-order valence-electron chi connectivity index (χ3n) is 3.09. The Morgan fingerprint density at radius 3 is 2.61 bits per heavy atom. The number of aryl methyl sites for hydroxylation is 2. The van der Waals surface area contributed by atoms with Crippen LogP contribution in [0.25, 0.3) is 10.9 Å².